The number of pyridine rings is 1. The quantitative estimate of drug-likeness (QED) is 0.914. The van der Waals surface area contributed by atoms with Crippen LogP contribution < -0.4 is 15.0 Å². The average Bonchev–Trinajstić information content (AvgIpc) is 2.95. The van der Waals surface area contributed by atoms with Gasteiger partial charge in [-0.15, -0.1) is 0 Å². The van der Waals surface area contributed by atoms with Crippen molar-refractivity contribution in [2.45, 2.75) is 19.5 Å². The van der Waals surface area contributed by atoms with Gasteiger partial charge in [-0.2, -0.15) is 0 Å². The Morgan fingerprint density at radius 3 is 2.76 bits per heavy atom. The van der Waals surface area contributed by atoms with E-state index in [-0.39, 0.29) is 0 Å². The van der Waals surface area contributed by atoms with Gasteiger partial charge in [-0.25, -0.2) is 4.98 Å². The zero-order chi connectivity index (χ0) is 14.7. The van der Waals surface area contributed by atoms with Gasteiger partial charge >= 0.3 is 0 Å². The Labute approximate surface area is 125 Å². The van der Waals surface area contributed by atoms with Crippen LogP contribution in [-0.2, 0) is 19.5 Å². The summed E-state index contributed by atoms with van der Waals surface area (Å²) >= 11 is 0. The van der Waals surface area contributed by atoms with E-state index in [1.54, 1.807) is 0 Å². The van der Waals surface area contributed by atoms with Crippen molar-refractivity contribution in [2.24, 2.45) is 0 Å². The van der Waals surface area contributed by atoms with Crippen molar-refractivity contribution in [3.05, 3.63) is 53.2 Å². The molecule has 0 atom stereocenters. The molecule has 1 aromatic carbocycles. The van der Waals surface area contributed by atoms with Crippen LogP contribution in [0, 0.1) is 0 Å². The highest BCUT2D eigenvalue weighted by atomic mass is 16.5. The lowest BCUT2D eigenvalue weighted by molar-refractivity contribution is 0.357. The third-order valence-electron chi connectivity index (χ3n) is 3.68. The lowest BCUT2D eigenvalue weighted by atomic mass is 10.1. The summed E-state index contributed by atoms with van der Waals surface area (Å²) in [7, 11) is 4.01. The van der Waals surface area contributed by atoms with Crippen molar-refractivity contribution in [1.29, 1.82) is 0 Å². The van der Waals surface area contributed by atoms with Crippen molar-refractivity contribution in [3.8, 4) is 5.75 Å². The Bertz CT molecular complexity index is 625. The molecular formula is C17H21N3O. The number of anilines is 1. The smallest absolute Gasteiger partial charge is 0.128 e. The van der Waals surface area contributed by atoms with Crippen LogP contribution in [0.3, 0.4) is 0 Å². The highest BCUT2D eigenvalue weighted by Crippen LogP contribution is 2.25. The molecule has 0 saturated carbocycles. The molecule has 2 heterocycles. The van der Waals surface area contributed by atoms with Gasteiger partial charge in [0.2, 0.25) is 0 Å². The number of nitrogens with one attached hydrogen (secondary N) is 1. The van der Waals surface area contributed by atoms with Crippen molar-refractivity contribution in [3.63, 3.8) is 0 Å². The summed E-state index contributed by atoms with van der Waals surface area (Å²) in [6, 6.07) is 10.6. The molecule has 1 aliphatic rings. The maximum atomic E-state index is 5.53. The minimum Gasteiger partial charge on any atom is -0.493 e. The lowest BCUT2D eigenvalue weighted by Crippen LogP contribution is -2.15. The Hall–Kier alpha value is -2.07. The van der Waals surface area contributed by atoms with Gasteiger partial charge in [0.05, 0.1) is 6.61 Å². The molecule has 1 aliphatic heterocycles. The number of ether oxygens (including phenoxy) is 1. The SMILES string of the molecule is CN(C)c1cc(CNCc2ccc3c(c2)CCO3)ccn1. The van der Waals surface area contributed by atoms with E-state index in [2.05, 4.69) is 40.6 Å². The first kappa shape index (κ1) is 13.9. The second kappa shape index (κ2) is 6.14. The van der Waals surface area contributed by atoms with Crippen LogP contribution in [0.15, 0.2) is 36.5 Å². The molecule has 110 valence electrons. The van der Waals surface area contributed by atoms with E-state index in [0.29, 0.717) is 0 Å². The summed E-state index contributed by atoms with van der Waals surface area (Å²) in [5.74, 6) is 2.03. The molecule has 0 unspecified atom stereocenters. The summed E-state index contributed by atoms with van der Waals surface area (Å²) in [6.07, 6.45) is 2.89. The number of hydrogen-bond donors (Lipinski definition) is 1. The van der Waals surface area contributed by atoms with Gasteiger partial charge in [-0.3, -0.25) is 0 Å². The molecule has 3 rings (SSSR count). The standard InChI is InChI=1S/C17H21N3O/c1-20(2)17-10-14(5-7-19-17)12-18-11-13-3-4-16-15(9-13)6-8-21-16/h3-5,7,9-10,18H,6,8,11-12H2,1-2H3. The fourth-order valence-corrected chi connectivity index (χ4v) is 2.52. The zero-order valence-corrected chi connectivity index (χ0v) is 12.6. The van der Waals surface area contributed by atoms with Crippen LogP contribution in [0.25, 0.3) is 0 Å². The topological polar surface area (TPSA) is 37.4 Å². The molecule has 0 saturated heterocycles. The van der Waals surface area contributed by atoms with Gasteiger partial charge in [-0.1, -0.05) is 12.1 Å². The van der Waals surface area contributed by atoms with Crippen LogP contribution in [0.5, 0.6) is 5.75 Å². The summed E-state index contributed by atoms with van der Waals surface area (Å²) in [4.78, 5) is 6.35. The summed E-state index contributed by atoms with van der Waals surface area (Å²) in [6.45, 7) is 2.53. The summed E-state index contributed by atoms with van der Waals surface area (Å²) in [5, 5.41) is 3.49. The van der Waals surface area contributed by atoms with Crippen LogP contribution in [0.1, 0.15) is 16.7 Å². The Balaban J connectivity index is 1.57. The largest absolute Gasteiger partial charge is 0.493 e. The maximum absolute atomic E-state index is 5.53. The number of rotatable bonds is 5. The van der Waals surface area contributed by atoms with Crippen molar-refractivity contribution in [2.75, 3.05) is 25.6 Å². The van der Waals surface area contributed by atoms with Gasteiger partial charge in [0.25, 0.3) is 0 Å². The molecule has 21 heavy (non-hydrogen) atoms. The van der Waals surface area contributed by atoms with E-state index in [4.69, 9.17) is 4.74 Å². The molecule has 0 aliphatic carbocycles. The Morgan fingerprint density at radius 2 is 1.95 bits per heavy atom. The predicted octanol–water partition coefficient (Wildman–Crippen LogP) is 2.37. The Morgan fingerprint density at radius 1 is 1.14 bits per heavy atom. The van der Waals surface area contributed by atoms with E-state index in [1.165, 1.54) is 16.7 Å². The number of aromatic nitrogens is 1. The minimum absolute atomic E-state index is 0.816. The average molecular weight is 283 g/mol. The number of hydrogen-bond acceptors (Lipinski definition) is 4. The van der Waals surface area contributed by atoms with Gasteiger partial charge in [-0.05, 0) is 34.9 Å². The van der Waals surface area contributed by atoms with Crippen molar-refractivity contribution >= 4 is 5.82 Å². The third kappa shape index (κ3) is 3.34. The first-order chi connectivity index (χ1) is 10.2. The molecular weight excluding hydrogens is 262 g/mol. The monoisotopic (exact) mass is 283 g/mol. The molecule has 0 bridgehead atoms. The second-order valence-corrected chi connectivity index (χ2v) is 5.56. The summed E-state index contributed by atoms with van der Waals surface area (Å²) in [5.41, 5.74) is 3.88. The van der Waals surface area contributed by atoms with E-state index >= 15 is 0 Å². The van der Waals surface area contributed by atoms with Gasteiger partial charge < -0.3 is 15.0 Å². The van der Waals surface area contributed by atoms with Crippen LogP contribution in [0.2, 0.25) is 0 Å². The number of benzene rings is 1. The highest BCUT2D eigenvalue weighted by Gasteiger charge is 2.11. The highest BCUT2D eigenvalue weighted by molar-refractivity contribution is 5.40. The van der Waals surface area contributed by atoms with Crippen molar-refractivity contribution < 1.29 is 4.74 Å². The Kier molecular flexibility index (Phi) is 4.06. The zero-order valence-electron chi connectivity index (χ0n) is 12.6. The van der Waals surface area contributed by atoms with Crippen LogP contribution in [-0.4, -0.2) is 25.7 Å². The first-order valence-electron chi connectivity index (χ1n) is 7.30. The third-order valence-corrected chi connectivity index (χ3v) is 3.68. The fraction of sp³-hybridized carbons (Fsp3) is 0.353. The number of nitrogens with zero attached hydrogens (tertiary/aromatic N) is 2. The van der Waals surface area contributed by atoms with Gasteiger partial charge in [0.1, 0.15) is 11.6 Å². The molecule has 1 N–H and O–H groups in total. The molecule has 0 fully saturated rings. The fourth-order valence-electron chi connectivity index (χ4n) is 2.52. The molecule has 0 amide bonds. The maximum Gasteiger partial charge on any atom is 0.128 e. The van der Waals surface area contributed by atoms with Crippen LogP contribution in [0.4, 0.5) is 5.82 Å². The first-order valence-corrected chi connectivity index (χ1v) is 7.30. The molecule has 4 heteroatoms. The molecule has 0 spiro atoms. The van der Waals surface area contributed by atoms with E-state index in [0.717, 1.165) is 37.7 Å². The van der Waals surface area contributed by atoms with Gasteiger partial charge in [0.15, 0.2) is 0 Å². The van der Waals surface area contributed by atoms with Crippen molar-refractivity contribution in [1.82, 2.24) is 10.3 Å². The normalized spacial score (nSPS) is 12.9. The predicted molar refractivity (Wildman–Crippen MR) is 84.7 cm³/mol. The second-order valence-electron chi connectivity index (χ2n) is 5.56. The minimum atomic E-state index is 0.816. The molecule has 1 aromatic heterocycles. The molecule has 4 nitrogen and oxygen atoms in total. The lowest BCUT2D eigenvalue weighted by Gasteiger charge is -2.12. The van der Waals surface area contributed by atoms with Crippen LogP contribution >= 0.6 is 0 Å². The van der Waals surface area contributed by atoms with E-state index in [9.17, 15) is 0 Å². The number of fused-ring (bicyclic) bond motifs is 1. The summed E-state index contributed by atoms with van der Waals surface area (Å²) < 4.78 is 5.53. The molecule has 2 aromatic rings. The van der Waals surface area contributed by atoms with Gasteiger partial charge in [0, 0.05) is 39.8 Å². The molecule has 0 radical (unpaired) electrons. The van der Waals surface area contributed by atoms with E-state index in [1.807, 2.05) is 25.2 Å². The van der Waals surface area contributed by atoms with E-state index < -0.39 is 0 Å².